The fourth-order valence-corrected chi connectivity index (χ4v) is 11.8. The van der Waals surface area contributed by atoms with Crippen LogP contribution in [0.5, 0.6) is 0 Å². The summed E-state index contributed by atoms with van der Waals surface area (Å²) in [5.41, 5.74) is 6.08. The highest BCUT2D eigenvalue weighted by Gasteiger charge is 2.62. The van der Waals surface area contributed by atoms with Gasteiger partial charge < -0.3 is 26.8 Å². The van der Waals surface area contributed by atoms with E-state index in [-0.39, 0.29) is 17.4 Å². The van der Waals surface area contributed by atoms with Gasteiger partial charge in [-0.05, 0) is 181 Å². The van der Waals surface area contributed by atoms with Gasteiger partial charge in [0.05, 0.1) is 12.2 Å². The van der Waals surface area contributed by atoms with Gasteiger partial charge in [0.15, 0.2) is 0 Å². The third-order valence-electron chi connectivity index (χ3n) is 13.8. The molecule has 276 valence electrons. The Bertz CT molecular complexity index is 1050. The number of fused-ring (bicyclic) bond motifs is 5. The molecule has 0 aromatic carbocycles. The molecular formula is C37H72N4O5S. The summed E-state index contributed by atoms with van der Waals surface area (Å²) in [6.07, 6.45) is 15.0. The number of nitrogens with two attached hydrogens (primary N) is 1. The molecule has 4 fully saturated rings. The largest absolute Gasteiger partial charge is 0.397 e. The fraction of sp³-hybridized carbons (Fsp3) is 1.00. The van der Waals surface area contributed by atoms with Crippen molar-refractivity contribution in [2.45, 2.75) is 143 Å². The van der Waals surface area contributed by atoms with E-state index in [1.165, 1.54) is 57.8 Å². The lowest BCUT2D eigenvalue weighted by atomic mass is 9.43. The first-order valence-corrected chi connectivity index (χ1v) is 20.8. The Hall–Kier alpha value is -0.330. The van der Waals surface area contributed by atoms with Gasteiger partial charge in [0.2, 0.25) is 0 Å². The molecule has 4 aliphatic rings. The van der Waals surface area contributed by atoms with Crippen LogP contribution in [0.3, 0.4) is 0 Å². The second kappa shape index (κ2) is 17.7. The van der Waals surface area contributed by atoms with Gasteiger partial charge in [-0.15, -0.1) is 0 Å². The molecule has 0 heterocycles. The van der Waals surface area contributed by atoms with Crippen LogP contribution in [0.4, 0.5) is 0 Å². The number of hydrogen-bond donors (Lipinski definition) is 6. The molecule has 0 saturated heterocycles. The summed E-state index contributed by atoms with van der Waals surface area (Å²) in [6.45, 7) is 17.4. The minimum Gasteiger partial charge on any atom is -0.393 e. The van der Waals surface area contributed by atoms with E-state index < -0.39 is 16.5 Å². The van der Waals surface area contributed by atoms with Crippen LogP contribution in [0, 0.1) is 52.3 Å². The molecule has 0 aromatic rings. The summed E-state index contributed by atoms with van der Waals surface area (Å²) in [7, 11) is -4.46. The quantitative estimate of drug-likeness (QED) is 0.0720. The summed E-state index contributed by atoms with van der Waals surface area (Å²) < 4.78 is 37.2. The van der Waals surface area contributed by atoms with Crippen LogP contribution >= 0.6 is 0 Å². The van der Waals surface area contributed by atoms with Crippen LogP contribution in [0.25, 0.3) is 0 Å². The van der Waals surface area contributed by atoms with Gasteiger partial charge in [0, 0.05) is 6.04 Å². The lowest BCUT2D eigenvalue weighted by Crippen LogP contribution is -2.59. The predicted molar refractivity (Wildman–Crippen MR) is 191 cm³/mol. The molecule has 0 bridgehead atoms. The second-order valence-electron chi connectivity index (χ2n) is 17.0. The normalized spacial score (nSPS) is 36.9. The molecule has 3 unspecified atom stereocenters. The van der Waals surface area contributed by atoms with Crippen molar-refractivity contribution in [2.24, 2.45) is 58.0 Å². The molecule has 0 aliphatic heterocycles. The van der Waals surface area contributed by atoms with Gasteiger partial charge in [-0.2, -0.15) is 8.42 Å². The minimum absolute atomic E-state index is 0.0137. The first kappa shape index (κ1) is 39.5. The second-order valence-corrected chi connectivity index (χ2v) is 18.1. The van der Waals surface area contributed by atoms with Gasteiger partial charge in [-0.1, -0.05) is 34.6 Å². The number of rotatable bonds is 20. The molecule has 47 heavy (non-hydrogen) atoms. The van der Waals surface area contributed by atoms with Crippen LogP contribution in [0.15, 0.2) is 0 Å². The molecule has 4 rings (SSSR count). The third-order valence-corrected chi connectivity index (χ3v) is 14.3. The summed E-state index contributed by atoms with van der Waals surface area (Å²) in [4.78, 5) is 0. The Morgan fingerprint density at radius 3 is 2.13 bits per heavy atom. The van der Waals surface area contributed by atoms with Crippen molar-refractivity contribution in [1.82, 2.24) is 16.0 Å². The number of nitrogens with one attached hydrogen (secondary N) is 3. The maximum atomic E-state index is 11.8. The van der Waals surface area contributed by atoms with Crippen LogP contribution in [-0.2, 0) is 14.6 Å². The van der Waals surface area contributed by atoms with Gasteiger partial charge in [0.25, 0.3) is 0 Å². The number of aliphatic hydroxyl groups is 1. The SMILES string of the molecule is CC(C)[C@H](CC[C@H](C)[C@H]1CCC2C3C(CC[C@@]21C)[C@@]1(C)CC[C@H](NCCCNCCCCNCCCN)C[C@@H]1C[C@H]3O)OS(=O)(=O)O. The van der Waals surface area contributed by atoms with Crippen molar-refractivity contribution in [3.05, 3.63) is 0 Å². The fourth-order valence-electron chi connectivity index (χ4n) is 11.2. The predicted octanol–water partition coefficient (Wildman–Crippen LogP) is 5.53. The Labute approximate surface area is 288 Å². The van der Waals surface area contributed by atoms with E-state index in [2.05, 4.69) is 36.7 Å². The van der Waals surface area contributed by atoms with Gasteiger partial charge >= 0.3 is 10.4 Å². The van der Waals surface area contributed by atoms with Gasteiger partial charge in [0.1, 0.15) is 0 Å². The zero-order valence-corrected chi connectivity index (χ0v) is 31.3. The topological polar surface area (TPSA) is 146 Å². The summed E-state index contributed by atoms with van der Waals surface area (Å²) >= 11 is 0. The van der Waals surface area contributed by atoms with Crippen molar-refractivity contribution in [3.8, 4) is 0 Å². The molecule has 9 nitrogen and oxygen atoms in total. The molecule has 0 spiro atoms. The average Bonchev–Trinajstić information content (AvgIpc) is 3.36. The van der Waals surface area contributed by atoms with Crippen molar-refractivity contribution < 1.29 is 22.3 Å². The average molecular weight is 685 g/mol. The highest BCUT2D eigenvalue weighted by atomic mass is 32.3. The molecule has 10 heteroatoms. The number of unbranched alkanes of at least 4 members (excludes halogenated alkanes) is 1. The zero-order valence-electron chi connectivity index (χ0n) is 30.5. The Morgan fingerprint density at radius 2 is 1.47 bits per heavy atom. The maximum Gasteiger partial charge on any atom is 0.397 e. The standard InChI is InChI=1S/C37H72N4O5S/c1-26(2)34(46-47(43,44)45)13-10-27(3)30-11-12-31-35-32(15-17-37(30,31)5)36(4)16-14-29(24-28(36)25-33(35)42)41-23-9-22-40-20-7-6-19-39-21-8-18-38/h26-35,39-42H,6-25,38H2,1-5H3,(H,43,44,45)/t27-,28+,29-,30+,31?,32?,33+,34-,35?,36-,37+/m0/s1. The minimum atomic E-state index is -4.46. The first-order chi connectivity index (χ1) is 22.3. The zero-order chi connectivity index (χ0) is 34.2. The van der Waals surface area contributed by atoms with Crippen LogP contribution in [-0.4, -0.2) is 75.6 Å². The highest BCUT2D eigenvalue weighted by molar-refractivity contribution is 7.80. The van der Waals surface area contributed by atoms with E-state index in [4.69, 9.17) is 9.92 Å². The maximum absolute atomic E-state index is 11.8. The lowest BCUT2D eigenvalue weighted by molar-refractivity contribution is -0.167. The monoisotopic (exact) mass is 685 g/mol. The first-order valence-electron chi connectivity index (χ1n) is 19.5. The molecule has 0 amide bonds. The van der Waals surface area contributed by atoms with Crippen LogP contribution in [0.2, 0.25) is 0 Å². The van der Waals surface area contributed by atoms with Crippen molar-refractivity contribution in [2.75, 3.05) is 39.3 Å². The lowest BCUT2D eigenvalue weighted by Gasteiger charge is -2.62. The van der Waals surface area contributed by atoms with Crippen LogP contribution < -0.4 is 21.7 Å². The van der Waals surface area contributed by atoms with Crippen LogP contribution in [0.1, 0.15) is 125 Å². The molecule has 4 saturated carbocycles. The molecule has 0 radical (unpaired) electrons. The van der Waals surface area contributed by atoms with Crippen molar-refractivity contribution >= 4 is 10.4 Å². The smallest absolute Gasteiger partial charge is 0.393 e. The Kier molecular flexibility index (Phi) is 14.9. The summed E-state index contributed by atoms with van der Waals surface area (Å²) in [5, 5.41) is 22.8. The van der Waals surface area contributed by atoms with E-state index in [1.54, 1.807) is 0 Å². The van der Waals surface area contributed by atoms with Gasteiger partial charge in [-0.25, -0.2) is 4.18 Å². The number of aliphatic hydroxyl groups excluding tert-OH is 1. The Balaban J connectivity index is 1.23. The summed E-state index contributed by atoms with van der Waals surface area (Å²) in [5.74, 6) is 3.20. The molecule has 0 aromatic heterocycles. The molecule has 4 aliphatic carbocycles. The summed E-state index contributed by atoms with van der Waals surface area (Å²) in [6, 6.07) is 0.571. The Morgan fingerprint density at radius 1 is 0.830 bits per heavy atom. The van der Waals surface area contributed by atoms with Gasteiger partial charge in [-0.3, -0.25) is 4.55 Å². The van der Waals surface area contributed by atoms with E-state index in [1.807, 2.05) is 13.8 Å². The van der Waals surface area contributed by atoms with E-state index in [0.717, 1.165) is 65.0 Å². The highest BCUT2D eigenvalue weighted by Crippen LogP contribution is 2.68. The molecular weight excluding hydrogens is 612 g/mol. The van der Waals surface area contributed by atoms with E-state index in [0.29, 0.717) is 53.4 Å². The third kappa shape index (κ3) is 10.1. The van der Waals surface area contributed by atoms with Crippen molar-refractivity contribution in [1.29, 1.82) is 0 Å². The number of hydrogen-bond acceptors (Lipinski definition) is 8. The van der Waals surface area contributed by atoms with E-state index >= 15 is 0 Å². The van der Waals surface area contributed by atoms with Crippen molar-refractivity contribution in [3.63, 3.8) is 0 Å². The molecule has 7 N–H and O–H groups in total. The molecule has 11 atom stereocenters. The van der Waals surface area contributed by atoms with E-state index in [9.17, 15) is 18.1 Å².